The van der Waals surface area contributed by atoms with Gasteiger partial charge in [-0.05, 0) is 17.7 Å². The SMILES string of the molecule is NC(=O)COc1ccc([C@H](N)CC(=O)O)cc1. The fourth-order valence-corrected chi connectivity index (χ4v) is 1.27. The minimum atomic E-state index is -0.952. The Hall–Kier alpha value is -2.08. The number of amides is 1. The van der Waals surface area contributed by atoms with E-state index in [4.69, 9.17) is 21.3 Å². The number of hydrogen-bond acceptors (Lipinski definition) is 4. The van der Waals surface area contributed by atoms with Crippen molar-refractivity contribution in [3.63, 3.8) is 0 Å². The van der Waals surface area contributed by atoms with Crippen LogP contribution in [0.5, 0.6) is 5.75 Å². The predicted octanol–water partition coefficient (Wildman–Crippen LogP) is 0.0252. The Morgan fingerprint density at radius 1 is 1.29 bits per heavy atom. The number of nitrogens with two attached hydrogens (primary N) is 2. The molecule has 17 heavy (non-hydrogen) atoms. The largest absolute Gasteiger partial charge is 0.484 e. The number of carboxylic acid groups (broad SMARTS) is 1. The molecule has 92 valence electrons. The van der Waals surface area contributed by atoms with E-state index in [0.717, 1.165) is 0 Å². The zero-order valence-corrected chi connectivity index (χ0v) is 9.13. The van der Waals surface area contributed by atoms with Crippen LogP contribution < -0.4 is 16.2 Å². The van der Waals surface area contributed by atoms with E-state index in [-0.39, 0.29) is 13.0 Å². The highest BCUT2D eigenvalue weighted by molar-refractivity contribution is 5.75. The van der Waals surface area contributed by atoms with Crippen molar-refractivity contribution in [2.75, 3.05) is 6.61 Å². The second kappa shape index (κ2) is 5.86. The fourth-order valence-electron chi connectivity index (χ4n) is 1.27. The molecular formula is C11H14N2O4. The number of carbonyl (C=O) groups is 2. The summed E-state index contributed by atoms with van der Waals surface area (Å²) in [5, 5.41) is 8.59. The molecule has 0 saturated carbocycles. The fraction of sp³-hybridized carbons (Fsp3) is 0.273. The number of hydrogen-bond donors (Lipinski definition) is 3. The normalized spacial score (nSPS) is 11.8. The summed E-state index contributed by atoms with van der Waals surface area (Å²) in [4.78, 5) is 21.0. The van der Waals surface area contributed by atoms with E-state index < -0.39 is 17.9 Å². The molecule has 0 heterocycles. The topological polar surface area (TPSA) is 116 Å². The van der Waals surface area contributed by atoms with E-state index in [9.17, 15) is 9.59 Å². The van der Waals surface area contributed by atoms with Gasteiger partial charge in [-0.1, -0.05) is 12.1 Å². The van der Waals surface area contributed by atoms with Gasteiger partial charge in [0.25, 0.3) is 5.91 Å². The first-order valence-corrected chi connectivity index (χ1v) is 4.97. The average Bonchev–Trinajstić information content (AvgIpc) is 2.26. The van der Waals surface area contributed by atoms with Crippen molar-refractivity contribution in [3.05, 3.63) is 29.8 Å². The molecule has 0 saturated heterocycles. The summed E-state index contributed by atoms with van der Waals surface area (Å²) in [5.74, 6) is -1.03. The Labute approximate surface area is 98.2 Å². The first kappa shape index (κ1) is 13.0. The van der Waals surface area contributed by atoms with Crippen LogP contribution in [0.4, 0.5) is 0 Å². The molecule has 1 rings (SSSR count). The summed E-state index contributed by atoms with van der Waals surface area (Å²) in [6.45, 7) is -0.194. The zero-order valence-electron chi connectivity index (χ0n) is 9.13. The van der Waals surface area contributed by atoms with Crippen LogP contribution in [-0.2, 0) is 9.59 Å². The number of ether oxygens (including phenoxy) is 1. The standard InChI is InChI=1S/C11H14N2O4/c12-9(5-11(15)16)7-1-3-8(4-2-7)17-6-10(13)14/h1-4,9H,5-6,12H2,(H2,13,14)(H,15,16)/t9-/m1/s1. The van der Waals surface area contributed by atoms with Gasteiger partial charge >= 0.3 is 5.97 Å². The minimum absolute atomic E-state index is 0.137. The van der Waals surface area contributed by atoms with Gasteiger partial charge < -0.3 is 21.3 Å². The maximum Gasteiger partial charge on any atom is 0.305 e. The lowest BCUT2D eigenvalue weighted by Gasteiger charge is -2.10. The number of primary amides is 1. The molecule has 6 nitrogen and oxygen atoms in total. The number of carbonyl (C=O) groups excluding carboxylic acids is 1. The van der Waals surface area contributed by atoms with Crippen molar-refractivity contribution in [3.8, 4) is 5.75 Å². The molecule has 0 aliphatic rings. The van der Waals surface area contributed by atoms with Gasteiger partial charge in [-0.25, -0.2) is 0 Å². The van der Waals surface area contributed by atoms with Crippen molar-refractivity contribution >= 4 is 11.9 Å². The van der Waals surface area contributed by atoms with Crippen molar-refractivity contribution in [2.45, 2.75) is 12.5 Å². The Balaban J connectivity index is 2.60. The summed E-state index contributed by atoms with van der Waals surface area (Å²) in [6, 6.07) is 5.98. The lowest BCUT2D eigenvalue weighted by Crippen LogP contribution is -2.20. The molecule has 1 atom stereocenters. The molecule has 1 aromatic carbocycles. The Bertz CT molecular complexity index is 402. The molecule has 0 aromatic heterocycles. The molecule has 1 amide bonds. The van der Waals surface area contributed by atoms with Gasteiger partial charge in [-0.2, -0.15) is 0 Å². The number of benzene rings is 1. The maximum atomic E-state index is 10.5. The minimum Gasteiger partial charge on any atom is -0.484 e. The molecule has 5 N–H and O–H groups in total. The predicted molar refractivity (Wildman–Crippen MR) is 60.3 cm³/mol. The molecule has 0 unspecified atom stereocenters. The van der Waals surface area contributed by atoms with Crippen LogP contribution in [0.1, 0.15) is 18.0 Å². The molecule has 1 aromatic rings. The van der Waals surface area contributed by atoms with Gasteiger partial charge in [0.1, 0.15) is 5.75 Å². The number of aliphatic carboxylic acids is 1. The Morgan fingerprint density at radius 2 is 1.88 bits per heavy atom. The van der Waals surface area contributed by atoms with Crippen LogP contribution >= 0.6 is 0 Å². The molecule has 0 aliphatic heterocycles. The molecule has 0 spiro atoms. The molecule has 0 bridgehead atoms. The lowest BCUT2D eigenvalue weighted by atomic mass is 10.1. The highest BCUT2D eigenvalue weighted by Crippen LogP contribution is 2.18. The van der Waals surface area contributed by atoms with Gasteiger partial charge in [0.2, 0.25) is 0 Å². The van der Waals surface area contributed by atoms with E-state index in [2.05, 4.69) is 0 Å². The van der Waals surface area contributed by atoms with Crippen LogP contribution in [0.3, 0.4) is 0 Å². The van der Waals surface area contributed by atoms with Crippen LogP contribution in [0.15, 0.2) is 24.3 Å². The van der Waals surface area contributed by atoms with Crippen LogP contribution in [-0.4, -0.2) is 23.6 Å². The van der Waals surface area contributed by atoms with E-state index in [1.165, 1.54) is 0 Å². The molecule has 0 aliphatic carbocycles. The quantitative estimate of drug-likeness (QED) is 0.646. The van der Waals surface area contributed by atoms with E-state index in [0.29, 0.717) is 11.3 Å². The zero-order chi connectivity index (χ0) is 12.8. The van der Waals surface area contributed by atoms with Crippen molar-refractivity contribution in [2.24, 2.45) is 11.5 Å². The summed E-state index contributed by atoms with van der Waals surface area (Å²) in [7, 11) is 0. The summed E-state index contributed by atoms with van der Waals surface area (Å²) in [5.41, 5.74) is 11.3. The molecule has 0 radical (unpaired) electrons. The first-order chi connectivity index (χ1) is 7.99. The van der Waals surface area contributed by atoms with Crippen LogP contribution in [0, 0.1) is 0 Å². The molecule has 0 fully saturated rings. The van der Waals surface area contributed by atoms with Crippen LogP contribution in [0.2, 0.25) is 0 Å². The van der Waals surface area contributed by atoms with Crippen molar-refractivity contribution in [1.29, 1.82) is 0 Å². The van der Waals surface area contributed by atoms with Gasteiger partial charge in [0.15, 0.2) is 6.61 Å². The second-order valence-corrected chi connectivity index (χ2v) is 3.53. The smallest absolute Gasteiger partial charge is 0.305 e. The van der Waals surface area contributed by atoms with Gasteiger partial charge in [0, 0.05) is 6.04 Å². The maximum absolute atomic E-state index is 10.5. The second-order valence-electron chi connectivity index (χ2n) is 3.53. The Kier molecular flexibility index (Phi) is 4.47. The third-order valence-electron chi connectivity index (χ3n) is 2.08. The summed E-state index contributed by atoms with van der Waals surface area (Å²) < 4.78 is 5.05. The highest BCUT2D eigenvalue weighted by Gasteiger charge is 2.10. The average molecular weight is 238 g/mol. The van der Waals surface area contributed by atoms with E-state index in [1.54, 1.807) is 24.3 Å². The molecule has 6 heteroatoms. The monoisotopic (exact) mass is 238 g/mol. The Morgan fingerprint density at radius 3 is 2.35 bits per heavy atom. The van der Waals surface area contributed by atoms with Crippen molar-refractivity contribution < 1.29 is 19.4 Å². The van der Waals surface area contributed by atoms with E-state index >= 15 is 0 Å². The number of carboxylic acids is 1. The summed E-state index contributed by atoms with van der Waals surface area (Å²) in [6.07, 6.45) is -0.137. The third kappa shape index (κ3) is 4.52. The van der Waals surface area contributed by atoms with Crippen LogP contribution in [0.25, 0.3) is 0 Å². The van der Waals surface area contributed by atoms with E-state index in [1.807, 2.05) is 0 Å². The highest BCUT2D eigenvalue weighted by atomic mass is 16.5. The molecular weight excluding hydrogens is 224 g/mol. The first-order valence-electron chi connectivity index (χ1n) is 4.97. The lowest BCUT2D eigenvalue weighted by molar-refractivity contribution is -0.137. The van der Waals surface area contributed by atoms with Gasteiger partial charge in [-0.3, -0.25) is 9.59 Å². The summed E-state index contributed by atoms with van der Waals surface area (Å²) >= 11 is 0. The van der Waals surface area contributed by atoms with Gasteiger partial charge in [0.05, 0.1) is 6.42 Å². The van der Waals surface area contributed by atoms with Gasteiger partial charge in [-0.15, -0.1) is 0 Å². The third-order valence-corrected chi connectivity index (χ3v) is 2.08. The number of rotatable bonds is 6. The van der Waals surface area contributed by atoms with Crippen molar-refractivity contribution in [1.82, 2.24) is 0 Å².